The van der Waals surface area contributed by atoms with E-state index in [0.717, 1.165) is 0 Å². The largest absolute Gasteiger partial charge is 0.465 e. The highest BCUT2D eigenvalue weighted by Crippen LogP contribution is 2.61. The fourth-order valence-corrected chi connectivity index (χ4v) is 3.10. The van der Waals surface area contributed by atoms with Crippen LogP contribution in [0.1, 0.15) is 27.2 Å². The Kier molecular flexibility index (Phi) is 2.40. The van der Waals surface area contributed by atoms with Crippen molar-refractivity contribution in [3.05, 3.63) is 0 Å². The van der Waals surface area contributed by atoms with Crippen molar-refractivity contribution in [2.75, 3.05) is 6.61 Å². The summed E-state index contributed by atoms with van der Waals surface area (Å²) in [4.78, 5) is 33.9. The molecule has 0 saturated heterocycles. The van der Waals surface area contributed by atoms with Crippen molar-refractivity contribution < 1.29 is 19.1 Å². The van der Waals surface area contributed by atoms with Crippen LogP contribution in [0.25, 0.3) is 0 Å². The molecule has 0 aliphatic heterocycles. The summed E-state index contributed by atoms with van der Waals surface area (Å²) < 4.78 is 5.01. The van der Waals surface area contributed by atoms with Gasteiger partial charge < -0.3 is 4.74 Å². The van der Waals surface area contributed by atoms with Crippen molar-refractivity contribution in [2.45, 2.75) is 27.2 Å². The Bertz CT molecular complexity index is 373. The maximum atomic E-state index is 11.5. The molecule has 88 valence electrons. The van der Waals surface area contributed by atoms with Gasteiger partial charge in [0.05, 0.1) is 6.61 Å². The first kappa shape index (κ1) is 11.3. The highest BCUT2D eigenvalue weighted by atomic mass is 16.5. The Balaban J connectivity index is 2.13. The summed E-state index contributed by atoms with van der Waals surface area (Å²) in [5.74, 6) is -0.535. The van der Waals surface area contributed by atoms with Crippen molar-refractivity contribution in [3.63, 3.8) is 0 Å². The van der Waals surface area contributed by atoms with Gasteiger partial charge in [-0.05, 0) is 11.8 Å². The standard InChI is InChI=1S/C12H16O4/c1-6-9-10(6)12(3,5-16-7(2)13)4-8(14)11(9)15/h6,9-10H,4-5H2,1-3H3. The predicted molar refractivity (Wildman–Crippen MR) is 55.5 cm³/mol. The zero-order chi connectivity index (χ0) is 12.1. The number of fused-ring (bicyclic) bond motifs is 1. The van der Waals surface area contributed by atoms with E-state index in [1.54, 1.807) is 0 Å². The van der Waals surface area contributed by atoms with Gasteiger partial charge in [0, 0.05) is 24.7 Å². The molecule has 16 heavy (non-hydrogen) atoms. The predicted octanol–water partition coefficient (Wildman–Crippen LogP) is 0.980. The van der Waals surface area contributed by atoms with Crippen molar-refractivity contribution in [3.8, 4) is 0 Å². The van der Waals surface area contributed by atoms with E-state index >= 15 is 0 Å². The fourth-order valence-electron chi connectivity index (χ4n) is 3.10. The lowest BCUT2D eigenvalue weighted by Gasteiger charge is -2.31. The normalized spacial score (nSPS) is 41.6. The first-order chi connectivity index (χ1) is 7.37. The monoisotopic (exact) mass is 224 g/mol. The second-order valence-corrected chi connectivity index (χ2v) is 5.31. The van der Waals surface area contributed by atoms with Crippen LogP contribution >= 0.6 is 0 Å². The van der Waals surface area contributed by atoms with Crippen LogP contribution in [0.3, 0.4) is 0 Å². The van der Waals surface area contributed by atoms with Crippen molar-refractivity contribution in [2.24, 2.45) is 23.2 Å². The summed E-state index contributed by atoms with van der Waals surface area (Å²) in [5.41, 5.74) is -0.346. The molecule has 0 aromatic heterocycles. The molecular weight excluding hydrogens is 208 g/mol. The van der Waals surface area contributed by atoms with E-state index in [1.807, 2.05) is 13.8 Å². The molecule has 4 unspecified atom stereocenters. The average Bonchev–Trinajstić information content (AvgIpc) is 2.85. The summed E-state index contributed by atoms with van der Waals surface area (Å²) in [5, 5.41) is 0. The molecule has 0 bridgehead atoms. The Hall–Kier alpha value is -1.19. The van der Waals surface area contributed by atoms with E-state index in [4.69, 9.17) is 4.74 Å². The van der Waals surface area contributed by atoms with Gasteiger partial charge in [0.2, 0.25) is 5.78 Å². The third-order valence-electron chi connectivity index (χ3n) is 3.93. The summed E-state index contributed by atoms with van der Waals surface area (Å²) in [7, 11) is 0. The molecule has 0 radical (unpaired) electrons. The Morgan fingerprint density at radius 1 is 1.50 bits per heavy atom. The van der Waals surface area contributed by atoms with Crippen LogP contribution in [0.15, 0.2) is 0 Å². The lowest BCUT2D eigenvalue weighted by molar-refractivity contribution is -0.149. The SMILES string of the molecule is CC(=O)OCC1(C)CC(=O)C(=O)C2C(C)C21. The number of rotatable bonds is 2. The van der Waals surface area contributed by atoms with E-state index < -0.39 is 0 Å². The summed E-state index contributed by atoms with van der Waals surface area (Å²) in [6, 6.07) is 0. The molecule has 0 aromatic carbocycles. The highest BCUT2D eigenvalue weighted by molar-refractivity contribution is 6.39. The zero-order valence-electron chi connectivity index (χ0n) is 9.78. The zero-order valence-corrected chi connectivity index (χ0v) is 9.78. The van der Waals surface area contributed by atoms with Crippen LogP contribution in [0.5, 0.6) is 0 Å². The molecule has 2 rings (SSSR count). The number of ketones is 2. The number of Topliss-reactive ketones (excluding diaryl/α,β-unsaturated/α-hetero) is 2. The minimum absolute atomic E-state index is 0.123. The maximum Gasteiger partial charge on any atom is 0.302 e. The van der Waals surface area contributed by atoms with Gasteiger partial charge in [0.15, 0.2) is 5.78 Å². The van der Waals surface area contributed by atoms with E-state index in [-0.39, 0.29) is 53.7 Å². The molecule has 2 fully saturated rings. The molecule has 4 heteroatoms. The van der Waals surface area contributed by atoms with Crippen LogP contribution < -0.4 is 0 Å². The van der Waals surface area contributed by atoms with Gasteiger partial charge in [-0.3, -0.25) is 14.4 Å². The number of esters is 1. The quantitative estimate of drug-likeness (QED) is 0.518. The molecular formula is C12H16O4. The Labute approximate surface area is 94.3 Å². The molecule has 2 aliphatic carbocycles. The van der Waals surface area contributed by atoms with E-state index in [9.17, 15) is 14.4 Å². The minimum Gasteiger partial charge on any atom is -0.465 e. The molecule has 4 nitrogen and oxygen atoms in total. The van der Waals surface area contributed by atoms with Gasteiger partial charge in [0.25, 0.3) is 0 Å². The van der Waals surface area contributed by atoms with Gasteiger partial charge in [-0.25, -0.2) is 0 Å². The van der Waals surface area contributed by atoms with Crippen LogP contribution in [-0.2, 0) is 19.1 Å². The molecule has 0 heterocycles. The summed E-state index contributed by atoms with van der Waals surface area (Å²) >= 11 is 0. The van der Waals surface area contributed by atoms with Gasteiger partial charge in [-0.1, -0.05) is 13.8 Å². The minimum atomic E-state index is -0.346. The smallest absolute Gasteiger partial charge is 0.302 e. The van der Waals surface area contributed by atoms with E-state index in [0.29, 0.717) is 0 Å². The van der Waals surface area contributed by atoms with Crippen LogP contribution in [-0.4, -0.2) is 24.1 Å². The van der Waals surface area contributed by atoms with E-state index in [2.05, 4.69) is 0 Å². The average molecular weight is 224 g/mol. The molecule has 4 atom stereocenters. The van der Waals surface area contributed by atoms with E-state index in [1.165, 1.54) is 6.92 Å². The molecule has 0 spiro atoms. The highest BCUT2D eigenvalue weighted by Gasteiger charge is 2.65. The first-order valence-corrected chi connectivity index (χ1v) is 5.57. The topological polar surface area (TPSA) is 60.4 Å². The third kappa shape index (κ3) is 1.56. The molecule has 2 aliphatic rings. The number of ether oxygens (including phenoxy) is 1. The molecule has 2 saturated carbocycles. The maximum absolute atomic E-state index is 11.5. The van der Waals surface area contributed by atoms with Crippen molar-refractivity contribution in [1.29, 1.82) is 0 Å². The van der Waals surface area contributed by atoms with Crippen LogP contribution in [0.4, 0.5) is 0 Å². The van der Waals surface area contributed by atoms with Crippen molar-refractivity contribution in [1.82, 2.24) is 0 Å². The summed E-state index contributed by atoms with van der Waals surface area (Å²) in [6.45, 7) is 5.51. The second kappa shape index (κ2) is 3.40. The first-order valence-electron chi connectivity index (χ1n) is 5.57. The fraction of sp³-hybridized carbons (Fsp3) is 0.750. The number of hydrogen-bond donors (Lipinski definition) is 0. The second-order valence-electron chi connectivity index (χ2n) is 5.31. The molecule has 0 N–H and O–H groups in total. The summed E-state index contributed by atoms with van der Waals surface area (Å²) in [6.07, 6.45) is 0.213. The van der Waals surface area contributed by atoms with Gasteiger partial charge in [0.1, 0.15) is 0 Å². The lowest BCUT2D eigenvalue weighted by Crippen LogP contribution is -2.38. The van der Waals surface area contributed by atoms with Crippen LogP contribution in [0, 0.1) is 23.2 Å². The number of hydrogen-bond acceptors (Lipinski definition) is 4. The van der Waals surface area contributed by atoms with Crippen molar-refractivity contribution >= 4 is 17.5 Å². The van der Waals surface area contributed by atoms with Gasteiger partial charge >= 0.3 is 5.97 Å². The van der Waals surface area contributed by atoms with Gasteiger partial charge in [-0.15, -0.1) is 0 Å². The lowest BCUT2D eigenvalue weighted by atomic mass is 9.74. The van der Waals surface area contributed by atoms with Crippen LogP contribution in [0.2, 0.25) is 0 Å². The molecule has 0 amide bonds. The number of carbonyl (C=O) groups is 3. The van der Waals surface area contributed by atoms with Gasteiger partial charge in [-0.2, -0.15) is 0 Å². The Morgan fingerprint density at radius 3 is 2.69 bits per heavy atom. The number of carbonyl (C=O) groups excluding carboxylic acids is 3. The third-order valence-corrected chi connectivity index (χ3v) is 3.93. The Morgan fingerprint density at radius 2 is 2.12 bits per heavy atom. The molecule has 0 aromatic rings.